The fourth-order valence-electron chi connectivity index (χ4n) is 3.63. The Balaban J connectivity index is 1.74. The lowest BCUT2D eigenvalue weighted by Crippen LogP contribution is -2.45. The second kappa shape index (κ2) is 9.56. The molecule has 32 heavy (non-hydrogen) atoms. The van der Waals surface area contributed by atoms with Crippen LogP contribution >= 0.6 is 0 Å². The van der Waals surface area contributed by atoms with E-state index in [1.807, 2.05) is 48.5 Å². The first-order chi connectivity index (χ1) is 15.1. The number of likely N-dealkylation sites (N-methyl/N-ethyl adjacent to an activating group) is 1. The summed E-state index contributed by atoms with van der Waals surface area (Å²) in [5.74, 6) is -0.791. The van der Waals surface area contributed by atoms with Crippen LogP contribution in [0.5, 0.6) is 0 Å². The van der Waals surface area contributed by atoms with E-state index < -0.39 is 32.2 Å². The van der Waals surface area contributed by atoms with Crippen molar-refractivity contribution in [1.29, 1.82) is 0 Å². The third-order valence-corrected chi connectivity index (χ3v) is 7.24. The van der Waals surface area contributed by atoms with Crippen molar-refractivity contribution in [2.45, 2.75) is 44.8 Å². The maximum Gasteiger partial charge on any atom is 0.407 e. The Kier molecular flexibility index (Phi) is 7.03. The summed E-state index contributed by atoms with van der Waals surface area (Å²) < 4.78 is 5.24. The second-order valence-corrected chi connectivity index (χ2v) is 14.8. The van der Waals surface area contributed by atoms with E-state index in [-0.39, 0.29) is 5.91 Å². The highest BCUT2D eigenvalue weighted by Crippen LogP contribution is 2.39. The van der Waals surface area contributed by atoms with Gasteiger partial charge in [-0.2, -0.15) is 0 Å². The first-order valence-corrected chi connectivity index (χ1v) is 14.5. The summed E-state index contributed by atoms with van der Waals surface area (Å²) in [6, 6.07) is 15.2. The number of fused-ring (bicyclic) bond motifs is 3. The van der Waals surface area contributed by atoms with E-state index in [0.717, 1.165) is 22.9 Å². The number of carbonyl (C=O) groups is 3. The highest BCUT2D eigenvalue weighted by atomic mass is 28.3. The summed E-state index contributed by atoms with van der Waals surface area (Å²) in [6.07, 6.45) is -1.68. The van der Waals surface area contributed by atoms with E-state index in [2.05, 4.69) is 30.3 Å². The molecule has 2 atom stereocenters. The summed E-state index contributed by atoms with van der Waals surface area (Å²) >= 11 is 0. The maximum absolute atomic E-state index is 13.3. The normalized spacial score (nSPS) is 16.3. The van der Waals surface area contributed by atoms with Crippen molar-refractivity contribution in [2.24, 2.45) is 0 Å². The number of anilines is 1. The Hall–Kier alpha value is -3.13. The second-order valence-electron chi connectivity index (χ2n) is 9.23. The lowest BCUT2D eigenvalue weighted by molar-refractivity contribution is -0.132. The first kappa shape index (κ1) is 23.5. The third kappa shape index (κ3) is 5.37. The van der Waals surface area contributed by atoms with E-state index in [1.165, 1.54) is 6.92 Å². The van der Waals surface area contributed by atoms with E-state index >= 15 is 0 Å². The molecule has 2 N–H and O–H groups in total. The van der Waals surface area contributed by atoms with Gasteiger partial charge in [0, 0.05) is 27.2 Å². The molecule has 0 spiro atoms. The number of nitrogens with one attached hydrogen (secondary N) is 2. The number of ether oxygens (including phenoxy) is 1. The predicted molar refractivity (Wildman–Crippen MR) is 128 cm³/mol. The number of alkyl carbamates (subject to hydrolysis) is 1. The SMILES string of the molecule is C[C@H](OC(=O)NCC[Si](C)(C)C)C(=O)NC1C(=O)N(C)c2ccccc2-c2ccccc21. The molecule has 7 nitrogen and oxygen atoms in total. The van der Waals surface area contributed by atoms with Crippen molar-refractivity contribution >= 4 is 31.7 Å². The minimum absolute atomic E-state index is 0.262. The number of hydrogen-bond acceptors (Lipinski definition) is 4. The van der Waals surface area contributed by atoms with Crippen LogP contribution in [0.2, 0.25) is 25.7 Å². The molecule has 1 aliphatic rings. The molecular weight excluding hydrogens is 422 g/mol. The molecule has 0 aliphatic carbocycles. The monoisotopic (exact) mass is 453 g/mol. The summed E-state index contributed by atoms with van der Waals surface area (Å²) in [7, 11) is 0.406. The number of rotatable bonds is 6. The molecule has 3 rings (SSSR count). The molecule has 0 aromatic heterocycles. The van der Waals surface area contributed by atoms with Crippen LogP contribution < -0.4 is 15.5 Å². The fraction of sp³-hybridized carbons (Fsp3) is 0.375. The number of para-hydroxylation sites is 1. The highest BCUT2D eigenvalue weighted by molar-refractivity contribution is 6.76. The van der Waals surface area contributed by atoms with Crippen molar-refractivity contribution in [1.82, 2.24) is 10.6 Å². The van der Waals surface area contributed by atoms with Gasteiger partial charge in [0.05, 0.1) is 5.69 Å². The Morgan fingerprint density at radius 3 is 2.38 bits per heavy atom. The minimum Gasteiger partial charge on any atom is -0.436 e. The molecule has 3 amide bonds. The molecular formula is C24H31N3O4Si. The van der Waals surface area contributed by atoms with Gasteiger partial charge in [-0.15, -0.1) is 0 Å². The molecule has 0 fully saturated rings. The average molecular weight is 454 g/mol. The fourth-order valence-corrected chi connectivity index (χ4v) is 4.50. The van der Waals surface area contributed by atoms with Crippen LogP contribution in [0.3, 0.4) is 0 Å². The van der Waals surface area contributed by atoms with E-state index in [0.29, 0.717) is 12.1 Å². The Labute approximate surface area is 190 Å². The summed E-state index contributed by atoms with van der Waals surface area (Å²) in [6.45, 7) is 8.66. The number of nitrogens with zero attached hydrogens (tertiary/aromatic N) is 1. The zero-order chi connectivity index (χ0) is 23.5. The van der Waals surface area contributed by atoms with Crippen LogP contribution in [-0.4, -0.2) is 45.7 Å². The van der Waals surface area contributed by atoms with Gasteiger partial charge in [0.15, 0.2) is 6.10 Å². The number of hydrogen-bond donors (Lipinski definition) is 2. The van der Waals surface area contributed by atoms with Crippen molar-refractivity contribution in [3.63, 3.8) is 0 Å². The van der Waals surface area contributed by atoms with Gasteiger partial charge in [-0.05, 0) is 30.2 Å². The molecule has 0 saturated heterocycles. The summed E-state index contributed by atoms with van der Waals surface area (Å²) in [5, 5.41) is 5.49. The molecule has 0 bridgehead atoms. The van der Waals surface area contributed by atoms with E-state index in [4.69, 9.17) is 4.74 Å². The highest BCUT2D eigenvalue weighted by Gasteiger charge is 2.34. The number of benzene rings is 2. The Bertz CT molecular complexity index is 1020. The van der Waals surface area contributed by atoms with Gasteiger partial charge in [-0.1, -0.05) is 62.1 Å². The van der Waals surface area contributed by atoms with Crippen LogP contribution in [0.1, 0.15) is 18.5 Å². The molecule has 8 heteroatoms. The number of carbonyl (C=O) groups excluding carboxylic acids is 3. The van der Waals surface area contributed by atoms with Gasteiger partial charge < -0.3 is 20.3 Å². The van der Waals surface area contributed by atoms with Gasteiger partial charge in [0.25, 0.3) is 11.8 Å². The molecule has 170 valence electrons. The van der Waals surface area contributed by atoms with Gasteiger partial charge in [0.1, 0.15) is 6.04 Å². The van der Waals surface area contributed by atoms with Crippen LogP contribution in [0.15, 0.2) is 48.5 Å². The Morgan fingerprint density at radius 1 is 1.06 bits per heavy atom. The van der Waals surface area contributed by atoms with Crippen LogP contribution in [-0.2, 0) is 14.3 Å². The van der Waals surface area contributed by atoms with Crippen LogP contribution in [0.25, 0.3) is 11.1 Å². The lowest BCUT2D eigenvalue weighted by Gasteiger charge is -2.24. The molecule has 2 aromatic carbocycles. The number of amides is 3. The van der Waals surface area contributed by atoms with Crippen molar-refractivity contribution in [2.75, 3.05) is 18.5 Å². The standard InChI is InChI=1S/C24H31N3O4Si/c1-16(31-24(30)25-14-15-32(3,4)5)22(28)26-21-19-12-7-6-10-17(19)18-11-8-9-13-20(18)27(2)23(21)29/h6-13,16,21H,14-15H2,1-5H3,(H,25,30)(H,26,28)/t16-,21?/m0/s1. The van der Waals surface area contributed by atoms with Crippen LogP contribution in [0, 0.1) is 0 Å². The lowest BCUT2D eigenvalue weighted by atomic mass is 9.95. The zero-order valence-electron chi connectivity index (χ0n) is 19.3. The molecule has 1 unspecified atom stereocenters. The van der Waals surface area contributed by atoms with E-state index in [1.54, 1.807) is 11.9 Å². The Morgan fingerprint density at radius 2 is 1.69 bits per heavy atom. The zero-order valence-corrected chi connectivity index (χ0v) is 20.3. The topological polar surface area (TPSA) is 87.7 Å². The van der Waals surface area contributed by atoms with Gasteiger partial charge in [0.2, 0.25) is 0 Å². The first-order valence-electron chi connectivity index (χ1n) is 10.8. The smallest absolute Gasteiger partial charge is 0.407 e. The van der Waals surface area contributed by atoms with Gasteiger partial charge >= 0.3 is 6.09 Å². The van der Waals surface area contributed by atoms with Gasteiger partial charge in [-0.25, -0.2) is 4.79 Å². The quantitative estimate of drug-likeness (QED) is 0.649. The van der Waals surface area contributed by atoms with Crippen molar-refractivity contribution < 1.29 is 19.1 Å². The van der Waals surface area contributed by atoms with Crippen molar-refractivity contribution in [3.05, 3.63) is 54.1 Å². The van der Waals surface area contributed by atoms with Crippen LogP contribution in [0.4, 0.5) is 10.5 Å². The maximum atomic E-state index is 13.3. The average Bonchev–Trinajstić information content (AvgIpc) is 2.83. The molecule has 1 heterocycles. The largest absolute Gasteiger partial charge is 0.436 e. The molecule has 2 aromatic rings. The predicted octanol–water partition coefficient (Wildman–Crippen LogP) is 3.94. The third-order valence-electron chi connectivity index (χ3n) is 5.49. The summed E-state index contributed by atoms with van der Waals surface area (Å²) in [4.78, 5) is 39.8. The minimum atomic E-state index is -1.29. The van der Waals surface area contributed by atoms with Gasteiger partial charge in [-0.3, -0.25) is 9.59 Å². The summed E-state index contributed by atoms with van der Waals surface area (Å²) in [5.41, 5.74) is 3.27. The molecule has 0 radical (unpaired) electrons. The van der Waals surface area contributed by atoms with E-state index in [9.17, 15) is 14.4 Å². The molecule has 1 aliphatic heterocycles. The molecule has 0 saturated carbocycles. The van der Waals surface area contributed by atoms with Crippen molar-refractivity contribution in [3.8, 4) is 11.1 Å².